The van der Waals surface area contributed by atoms with Crippen LogP contribution in [0.1, 0.15) is 12.0 Å². The van der Waals surface area contributed by atoms with Crippen LogP contribution in [-0.2, 0) is 11.2 Å². The van der Waals surface area contributed by atoms with E-state index in [9.17, 15) is 4.79 Å². The maximum Gasteiger partial charge on any atom is 0.221 e. The van der Waals surface area contributed by atoms with E-state index in [2.05, 4.69) is 11.0 Å². The van der Waals surface area contributed by atoms with Gasteiger partial charge in [0.15, 0.2) is 0 Å². The lowest BCUT2D eigenvalue weighted by Gasteiger charge is -2.33. The van der Waals surface area contributed by atoms with Crippen molar-refractivity contribution < 1.29 is 4.79 Å². The largest absolute Gasteiger partial charge is 0.371 e. The maximum atomic E-state index is 10.7. The van der Waals surface area contributed by atoms with Gasteiger partial charge in [-0.05, 0) is 24.1 Å². The molecule has 3 nitrogen and oxygen atoms in total. The predicted octanol–water partition coefficient (Wildman–Crippen LogP) is 0.925. The fourth-order valence-corrected chi connectivity index (χ4v) is 1.64. The maximum absolute atomic E-state index is 10.7. The number of hydrogen-bond donors (Lipinski definition) is 1. The number of benzene rings is 1. The van der Waals surface area contributed by atoms with E-state index >= 15 is 0 Å². The minimum atomic E-state index is -0.272. The molecule has 0 aromatic heterocycles. The molecule has 0 bridgehead atoms. The highest BCUT2D eigenvalue weighted by molar-refractivity contribution is 5.77. The van der Waals surface area contributed by atoms with Gasteiger partial charge in [-0.25, -0.2) is 0 Å². The second-order valence-corrected chi connectivity index (χ2v) is 3.65. The first-order chi connectivity index (χ1) is 6.75. The highest BCUT2D eigenvalue weighted by Gasteiger charge is 2.14. The van der Waals surface area contributed by atoms with E-state index in [1.54, 1.807) is 0 Å². The molecule has 2 N–H and O–H groups in total. The van der Waals surface area contributed by atoms with Crippen LogP contribution < -0.4 is 10.6 Å². The molecule has 14 heavy (non-hydrogen) atoms. The Bertz CT molecular complexity index is 345. The van der Waals surface area contributed by atoms with E-state index in [0.29, 0.717) is 6.42 Å². The van der Waals surface area contributed by atoms with Crippen molar-refractivity contribution in [1.29, 1.82) is 0 Å². The number of nitrogens with two attached hydrogens (primary N) is 1. The quantitative estimate of drug-likeness (QED) is 0.770. The number of amides is 1. The summed E-state index contributed by atoms with van der Waals surface area (Å²) in [5, 5.41) is 0. The molecular formula is C11H14N2O. The van der Waals surface area contributed by atoms with Crippen molar-refractivity contribution in [3.05, 3.63) is 29.8 Å². The number of hydrogen-bond acceptors (Lipinski definition) is 2. The first-order valence-electron chi connectivity index (χ1n) is 4.88. The van der Waals surface area contributed by atoms with Crippen LogP contribution in [0.25, 0.3) is 0 Å². The topological polar surface area (TPSA) is 46.3 Å². The van der Waals surface area contributed by atoms with Crippen molar-refractivity contribution in [2.45, 2.75) is 12.8 Å². The number of carbonyl (C=O) groups is 1. The van der Waals surface area contributed by atoms with Crippen LogP contribution in [-0.4, -0.2) is 19.0 Å². The molecule has 1 aromatic rings. The molecule has 0 spiro atoms. The van der Waals surface area contributed by atoms with Crippen molar-refractivity contribution in [3.8, 4) is 0 Å². The average molecular weight is 190 g/mol. The summed E-state index contributed by atoms with van der Waals surface area (Å²) in [6.45, 7) is 2.25. The van der Waals surface area contributed by atoms with Gasteiger partial charge in [0.1, 0.15) is 0 Å². The van der Waals surface area contributed by atoms with Crippen LogP contribution >= 0.6 is 0 Å². The highest BCUT2D eigenvalue weighted by atomic mass is 16.1. The lowest BCUT2D eigenvalue weighted by atomic mass is 10.1. The van der Waals surface area contributed by atoms with E-state index in [4.69, 9.17) is 5.73 Å². The van der Waals surface area contributed by atoms with E-state index in [0.717, 1.165) is 18.7 Å². The molecule has 1 saturated heterocycles. The molecule has 74 valence electrons. The Morgan fingerprint density at radius 1 is 1.43 bits per heavy atom. The number of anilines is 1. The summed E-state index contributed by atoms with van der Waals surface area (Å²) < 4.78 is 0. The number of rotatable bonds is 3. The third-order valence-corrected chi connectivity index (χ3v) is 2.51. The van der Waals surface area contributed by atoms with Crippen molar-refractivity contribution in [1.82, 2.24) is 0 Å². The van der Waals surface area contributed by atoms with Crippen LogP contribution in [0.5, 0.6) is 0 Å². The molecule has 1 aliphatic heterocycles. The first-order valence-corrected chi connectivity index (χ1v) is 4.88. The van der Waals surface area contributed by atoms with Gasteiger partial charge in [-0.2, -0.15) is 0 Å². The van der Waals surface area contributed by atoms with E-state index in [-0.39, 0.29) is 5.91 Å². The Hall–Kier alpha value is -1.51. The molecule has 0 atom stereocenters. The zero-order chi connectivity index (χ0) is 9.97. The number of primary amides is 1. The SMILES string of the molecule is NC(=O)Cc1cccc(N2CCC2)c1. The lowest BCUT2D eigenvalue weighted by molar-refractivity contribution is -0.117. The van der Waals surface area contributed by atoms with Crippen LogP contribution in [0.4, 0.5) is 5.69 Å². The lowest BCUT2D eigenvalue weighted by Crippen LogP contribution is -2.36. The van der Waals surface area contributed by atoms with Crippen LogP contribution in [0, 0.1) is 0 Å². The molecule has 1 aromatic carbocycles. The summed E-state index contributed by atoms with van der Waals surface area (Å²) in [4.78, 5) is 13.0. The van der Waals surface area contributed by atoms with Crippen LogP contribution in [0.15, 0.2) is 24.3 Å². The molecule has 1 aliphatic rings. The minimum absolute atomic E-state index is 0.272. The van der Waals surface area contributed by atoms with Crippen LogP contribution in [0.2, 0.25) is 0 Å². The second kappa shape index (κ2) is 3.70. The fraction of sp³-hybridized carbons (Fsp3) is 0.364. The highest BCUT2D eigenvalue weighted by Crippen LogP contribution is 2.21. The summed E-state index contributed by atoms with van der Waals surface area (Å²) >= 11 is 0. The summed E-state index contributed by atoms with van der Waals surface area (Å²) in [6, 6.07) is 8.04. The van der Waals surface area contributed by atoms with Gasteiger partial charge in [-0.1, -0.05) is 12.1 Å². The molecule has 0 aliphatic carbocycles. The van der Waals surface area contributed by atoms with Gasteiger partial charge in [0.05, 0.1) is 6.42 Å². The van der Waals surface area contributed by atoms with Crippen molar-refractivity contribution in [3.63, 3.8) is 0 Å². The summed E-state index contributed by atoms with van der Waals surface area (Å²) in [6.07, 6.45) is 1.60. The predicted molar refractivity (Wildman–Crippen MR) is 56.2 cm³/mol. The standard InChI is InChI=1S/C11H14N2O/c12-11(14)8-9-3-1-4-10(7-9)13-5-2-6-13/h1,3-4,7H,2,5-6,8H2,(H2,12,14). The Balaban J connectivity index is 2.13. The van der Waals surface area contributed by atoms with Crippen molar-refractivity contribution >= 4 is 11.6 Å². The Morgan fingerprint density at radius 2 is 2.21 bits per heavy atom. The third kappa shape index (κ3) is 1.87. The van der Waals surface area contributed by atoms with E-state index in [1.165, 1.54) is 12.1 Å². The molecule has 3 heteroatoms. The first kappa shape index (κ1) is 9.06. The summed E-state index contributed by atoms with van der Waals surface area (Å²) in [7, 11) is 0. The summed E-state index contributed by atoms with van der Waals surface area (Å²) in [5.41, 5.74) is 7.35. The normalized spacial score (nSPS) is 15.0. The zero-order valence-corrected chi connectivity index (χ0v) is 8.07. The van der Waals surface area contributed by atoms with E-state index < -0.39 is 0 Å². The van der Waals surface area contributed by atoms with Gasteiger partial charge in [0.2, 0.25) is 5.91 Å². The van der Waals surface area contributed by atoms with Gasteiger partial charge in [0.25, 0.3) is 0 Å². The molecular weight excluding hydrogens is 176 g/mol. The smallest absolute Gasteiger partial charge is 0.221 e. The number of nitrogens with zero attached hydrogens (tertiary/aromatic N) is 1. The third-order valence-electron chi connectivity index (χ3n) is 2.51. The van der Waals surface area contributed by atoms with Crippen LogP contribution in [0.3, 0.4) is 0 Å². The fourth-order valence-electron chi connectivity index (χ4n) is 1.64. The Kier molecular flexibility index (Phi) is 2.39. The summed E-state index contributed by atoms with van der Waals surface area (Å²) in [5.74, 6) is -0.272. The molecule has 1 amide bonds. The monoisotopic (exact) mass is 190 g/mol. The van der Waals surface area contributed by atoms with Gasteiger partial charge >= 0.3 is 0 Å². The molecule has 2 rings (SSSR count). The average Bonchev–Trinajstić information content (AvgIpc) is 1.99. The van der Waals surface area contributed by atoms with Gasteiger partial charge in [0, 0.05) is 18.8 Å². The number of carbonyl (C=O) groups excluding carboxylic acids is 1. The molecule has 0 radical (unpaired) electrons. The molecule has 0 saturated carbocycles. The minimum Gasteiger partial charge on any atom is -0.371 e. The Labute approximate surface area is 83.5 Å². The van der Waals surface area contributed by atoms with Crippen molar-refractivity contribution in [2.75, 3.05) is 18.0 Å². The van der Waals surface area contributed by atoms with Gasteiger partial charge in [-0.15, -0.1) is 0 Å². The molecule has 1 fully saturated rings. The molecule has 1 heterocycles. The van der Waals surface area contributed by atoms with Gasteiger partial charge < -0.3 is 10.6 Å². The van der Waals surface area contributed by atoms with Gasteiger partial charge in [-0.3, -0.25) is 4.79 Å². The van der Waals surface area contributed by atoms with E-state index in [1.807, 2.05) is 18.2 Å². The zero-order valence-electron chi connectivity index (χ0n) is 8.07. The molecule has 0 unspecified atom stereocenters. The van der Waals surface area contributed by atoms with Crippen molar-refractivity contribution in [2.24, 2.45) is 5.73 Å². The second-order valence-electron chi connectivity index (χ2n) is 3.65. The Morgan fingerprint density at radius 3 is 2.79 bits per heavy atom.